The molecule has 0 aliphatic heterocycles. The third kappa shape index (κ3) is 6.44. The van der Waals surface area contributed by atoms with Gasteiger partial charge < -0.3 is 15.1 Å². The van der Waals surface area contributed by atoms with Crippen molar-refractivity contribution in [2.45, 2.75) is 39.3 Å². The van der Waals surface area contributed by atoms with Crippen LogP contribution in [0.1, 0.15) is 32.8 Å². The number of hydrogen-bond acceptors (Lipinski definition) is 3. The second-order valence-electron chi connectivity index (χ2n) is 6.93. The van der Waals surface area contributed by atoms with Crippen LogP contribution in [0.5, 0.6) is 0 Å². The van der Waals surface area contributed by atoms with Crippen LogP contribution in [-0.4, -0.2) is 44.7 Å². The molecule has 0 radical (unpaired) electrons. The van der Waals surface area contributed by atoms with Gasteiger partial charge in [-0.1, -0.05) is 12.1 Å². The summed E-state index contributed by atoms with van der Waals surface area (Å²) in [6.45, 7) is 8.89. The molecule has 1 aromatic carbocycles. The second-order valence-corrected chi connectivity index (χ2v) is 6.93. The zero-order valence-corrected chi connectivity index (χ0v) is 14.3. The summed E-state index contributed by atoms with van der Waals surface area (Å²) in [5, 5.41) is 3.43. The Labute approximate surface area is 129 Å². The molecule has 3 nitrogen and oxygen atoms in total. The lowest BCUT2D eigenvalue weighted by molar-refractivity contribution is 0.401. The average molecular weight is 295 g/mol. The summed E-state index contributed by atoms with van der Waals surface area (Å²) < 4.78 is 14.2. The normalized spacial score (nSPS) is 12.0. The zero-order valence-electron chi connectivity index (χ0n) is 14.3. The molecule has 4 heteroatoms. The molecule has 0 bridgehead atoms. The third-order valence-corrected chi connectivity index (χ3v) is 3.36. The van der Waals surface area contributed by atoms with Gasteiger partial charge in [-0.05, 0) is 59.5 Å². The number of anilines is 1. The summed E-state index contributed by atoms with van der Waals surface area (Å²) in [5.41, 5.74) is 1.75. The summed E-state index contributed by atoms with van der Waals surface area (Å²) in [7, 11) is 6.08. The van der Waals surface area contributed by atoms with Gasteiger partial charge in [-0.15, -0.1) is 0 Å². The number of nitrogens with one attached hydrogen (secondary N) is 1. The maximum Gasteiger partial charge on any atom is 0.146 e. The first-order valence-electron chi connectivity index (χ1n) is 7.59. The molecule has 1 N–H and O–H groups in total. The molecule has 0 fully saturated rings. The highest BCUT2D eigenvalue weighted by Crippen LogP contribution is 2.24. The Balaban J connectivity index is 2.79. The van der Waals surface area contributed by atoms with Crippen LogP contribution in [0.25, 0.3) is 0 Å². The topological polar surface area (TPSA) is 18.5 Å². The van der Waals surface area contributed by atoms with Gasteiger partial charge in [0.2, 0.25) is 0 Å². The maximum absolute atomic E-state index is 14.2. The van der Waals surface area contributed by atoms with Gasteiger partial charge in [-0.25, -0.2) is 4.39 Å². The first-order valence-corrected chi connectivity index (χ1v) is 7.59. The molecule has 1 aromatic rings. The van der Waals surface area contributed by atoms with Crippen LogP contribution in [-0.2, 0) is 6.54 Å². The molecule has 0 spiro atoms. The average Bonchev–Trinajstić information content (AvgIpc) is 2.34. The Morgan fingerprint density at radius 1 is 1.10 bits per heavy atom. The minimum Gasteiger partial charge on any atom is -0.372 e. The van der Waals surface area contributed by atoms with Crippen LogP contribution in [0.4, 0.5) is 10.1 Å². The Morgan fingerprint density at radius 3 is 2.33 bits per heavy atom. The molecule has 0 heterocycles. The van der Waals surface area contributed by atoms with Crippen molar-refractivity contribution in [2.75, 3.05) is 39.1 Å². The fourth-order valence-corrected chi connectivity index (χ4v) is 2.23. The molecule has 0 atom stereocenters. The SMILES string of the molecule is CN(C)CCCN(C)c1c(F)cccc1CNC(C)(C)C. The van der Waals surface area contributed by atoms with Gasteiger partial charge in [-0.3, -0.25) is 0 Å². The van der Waals surface area contributed by atoms with Gasteiger partial charge in [0.25, 0.3) is 0 Å². The van der Waals surface area contributed by atoms with Gasteiger partial charge in [0.1, 0.15) is 5.82 Å². The van der Waals surface area contributed by atoms with Crippen molar-refractivity contribution in [2.24, 2.45) is 0 Å². The molecule has 0 saturated carbocycles. The maximum atomic E-state index is 14.2. The van der Waals surface area contributed by atoms with Crippen molar-refractivity contribution in [3.8, 4) is 0 Å². The summed E-state index contributed by atoms with van der Waals surface area (Å²) in [6, 6.07) is 5.32. The summed E-state index contributed by atoms with van der Waals surface area (Å²) >= 11 is 0. The predicted octanol–water partition coefficient (Wildman–Crippen LogP) is 3.10. The van der Waals surface area contributed by atoms with Gasteiger partial charge >= 0.3 is 0 Å². The predicted molar refractivity (Wildman–Crippen MR) is 89.4 cm³/mol. The minimum absolute atomic E-state index is 0.0209. The number of nitrogens with zero attached hydrogens (tertiary/aromatic N) is 2. The standard InChI is InChI=1S/C17H30FN3/c1-17(2,3)19-13-14-9-7-10-15(18)16(14)21(6)12-8-11-20(4)5/h7,9-10,19H,8,11-13H2,1-6H3. The Morgan fingerprint density at radius 2 is 1.76 bits per heavy atom. The van der Waals surface area contributed by atoms with Crippen molar-refractivity contribution in [1.29, 1.82) is 0 Å². The Hall–Kier alpha value is -1.13. The van der Waals surface area contributed by atoms with Crippen LogP contribution in [0.3, 0.4) is 0 Å². The smallest absolute Gasteiger partial charge is 0.146 e. The zero-order chi connectivity index (χ0) is 16.0. The molecule has 0 amide bonds. The van der Waals surface area contributed by atoms with Crippen molar-refractivity contribution in [3.05, 3.63) is 29.6 Å². The number of benzene rings is 1. The van der Waals surface area contributed by atoms with Gasteiger partial charge in [0.05, 0.1) is 5.69 Å². The molecular formula is C17H30FN3. The number of halogens is 1. The number of rotatable bonds is 7. The molecule has 0 aliphatic rings. The fourth-order valence-electron chi connectivity index (χ4n) is 2.23. The van der Waals surface area contributed by atoms with E-state index in [-0.39, 0.29) is 11.4 Å². The summed E-state index contributed by atoms with van der Waals surface area (Å²) in [5.74, 6) is -0.143. The Kier molecular flexibility index (Phi) is 6.62. The van der Waals surface area contributed by atoms with Gasteiger partial charge in [-0.2, -0.15) is 0 Å². The molecule has 120 valence electrons. The highest BCUT2D eigenvalue weighted by molar-refractivity contribution is 5.54. The van der Waals surface area contributed by atoms with Crippen molar-refractivity contribution in [1.82, 2.24) is 10.2 Å². The molecular weight excluding hydrogens is 265 g/mol. The van der Waals surface area contributed by atoms with E-state index in [1.165, 1.54) is 0 Å². The lowest BCUT2D eigenvalue weighted by Crippen LogP contribution is -2.35. The van der Waals surface area contributed by atoms with Crippen LogP contribution in [0.2, 0.25) is 0 Å². The van der Waals surface area contributed by atoms with E-state index in [1.54, 1.807) is 12.1 Å². The molecule has 0 aliphatic carbocycles. The van der Waals surface area contributed by atoms with Gasteiger partial charge in [0.15, 0.2) is 0 Å². The van der Waals surface area contributed by atoms with E-state index in [4.69, 9.17) is 0 Å². The van der Waals surface area contributed by atoms with E-state index < -0.39 is 0 Å². The molecule has 21 heavy (non-hydrogen) atoms. The lowest BCUT2D eigenvalue weighted by atomic mass is 10.1. The molecule has 0 unspecified atom stereocenters. The minimum atomic E-state index is -0.143. The highest BCUT2D eigenvalue weighted by atomic mass is 19.1. The van der Waals surface area contributed by atoms with Crippen LogP contribution in [0, 0.1) is 5.82 Å². The van der Waals surface area contributed by atoms with E-state index in [1.807, 2.05) is 18.0 Å². The molecule has 0 aromatic heterocycles. The third-order valence-electron chi connectivity index (χ3n) is 3.36. The first-order chi connectivity index (χ1) is 9.70. The van der Waals surface area contributed by atoms with Gasteiger partial charge in [0, 0.05) is 25.7 Å². The van der Waals surface area contributed by atoms with Crippen molar-refractivity contribution in [3.63, 3.8) is 0 Å². The Bertz CT molecular complexity index is 438. The van der Waals surface area contributed by atoms with Crippen LogP contribution < -0.4 is 10.2 Å². The fraction of sp³-hybridized carbons (Fsp3) is 0.647. The van der Waals surface area contributed by atoms with Crippen molar-refractivity contribution < 1.29 is 4.39 Å². The summed E-state index contributed by atoms with van der Waals surface area (Å²) in [6.07, 6.45) is 1.02. The number of hydrogen-bond donors (Lipinski definition) is 1. The first kappa shape index (κ1) is 17.9. The van der Waals surface area contributed by atoms with E-state index >= 15 is 0 Å². The monoisotopic (exact) mass is 295 g/mol. The lowest BCUT2D eigenvalue weighted by Gasteiger charge is -2.26. The summed E-state index contributed by atoms with van der Waals surface area (Å²) in [4.78, 5) is 4.18. The quantitative estimate of drug-likeness (QED) is 0.834. The van der Waals surface area contributed by atoms with Crippen LogP contribution >= 0.6 is 0 Å². The van der Waals surface area contributed by atoms with E-state index in [0.29, 0.717) is 12.2 Å². The molecule has 0 saturated heterocycles. The van der Waals surface area contributed by atoms with E-state index in [0.717, 1.165) is 25.1 Å². The molecule has 1 rings (SSSR count). The largest absolute Gasteiger partial charge is 0.372 e. The van der Waals surface area contributed by atoms with E-state index in [2.05, 4.69) is 45.1 Å². The number of para-hydroxylation sites is 1. The van der Waals surface area contributed by atoms with E-state index in [9.17, 15) is 4.39 Å². The highest BCUT2D eigenvalue weighted by Gasteiger charge is 2.15. The van der Waals surface area contributed by atoms with Crippen molar-refractivity contribution >= 4 is 5.69 Å². The van der Waals surface area contributed by atoms with Crippen LogP contribution in [0.15, 0.2) is 18.2 Å². The second kappa shape index (κ2) is 7.76.